The second-order valence-electron chi connectivity index (χ2n) is 4.26. The summed E-state index contributed by atoms with van der Waals surface area (Å²) in [6.45, 7) is 0.408. The molecule has 0 aliphatic carbocycles. The third-order valence-electron chi connectivity index (χ3n) is 2.85. The zero-order chi connectivity index (χ0) is 15.8. The maximum Gasteiger partial charge on any atom is 0.317 e. The summed E-state index contributed by atoms with van der Waals surface area (Å²) in [4.78, 5) is 12.5. The van der Waals surface area contributed by atoms with Crippen molar-refractivity contribution in [1.29, 1.82) is 0 Å². The summed E-state index contributed by atoms with van der Waals surface area (Å²) in [5.41, 5.74) is 0.770. The van der Waals surface area contributed by atoms with Gasteiger partial charge in [-0.3, -0.25) is 9.69 Å². The summed E-state index contributed by atoms with van der Waals surface area (Å²) in [7, 11) is 4.60. The van der Waals surface area contributed by atoms with Crippen LogP contribution in [0.1, 0.15) is 5.56 Å². The maximum absolute atomic E-state index is 10.9. The average Bonchev–Trinajstić information content (AvgIpc) is 2.46. The van der Waals surface area contributed by atoms with Crippen LogP contribution in [0.5, 0.6) is 17.2 Å². The van der Waals surface area contributed by atoms with Gasteiger partial charge in [-0.25, -0.2) is 0 Å². The van der Waals surface area contributed by atoms with Gasteiger partial charge in [0.05, 0.1) is 34.4 Å². The van der Waals surface area contributed by atoms with Crippen molar-refractivity contribution in [2.24, 2.45) is 0 Å². The SMILES string of the molecule is C#CCN(CC(=O)O)Cc1cc(OC)c(OC)cc1OC. The van der Waals surface area contributed by atoms with Gasteiger partial charge in [0.2, 0.25) is 0 Å². The molecule has 0 atom stereocenters. The van der Waals surface area contributed by atoms with Gasteiger partial charge in [0.1, 0.15) is 5.75 Å². The third-order valence-corrected chi connectivity index (χ3v) is 2.85. The molecule has 0 fully saturated rings. The van der Waals surface area contributed by atoms with Gasteiger partial charge < -0.3 is 19.3 Å². The van der Waals surface area contributed by atoms with Crippen LogP contribution in [0.2, 0.25) is 0 Å². The van der Waals surface area contributed by atoms with Gasteiger partial charge in [0, 0.05) is 18.2 Å². The maximum atomic E-state index is 10.9. The summed E-state index contributed by atoms with van der Waals surface area (Å²) >= 11 is 0. The highest BCUT2D eigenvalue weighted by Crippen LogP contribution is 2.35. The fourth-order valence-electron chi connectivity index (χ4n) is 1.95. The van der Waals surface area contributed by atoms with Crippen LogP contribution in [-0.2, 0) is 11.3 Å². The normalized spacial score (nSPS) is 10.0. The van der Waals surface area contributed by atoms with Gasteiger partial charge in [-0.1, -0.05) is 5.92 Å². The molecule has 114 valence electrons. The van der Waals surface area contributed by atoms with Crippen LogP contribution in [0.4, 0.5) is 0 Å². The lowest BCUT2D eigenvalue weighted by atomic mass is 10.1. The Bertz CT molecular complexity index is 536. The van der Waals surface area contributed by atoms with Crippen LogP contribution in [-0.4, -0.2) is 50.4 Å². The van der Waals surface area contributed by atoms with E-state index in [1.807, 2.05) is 0 Å². The highest BCUT2D eigenvalue weighted by molar-refractivity contribution is 5.69. The zero-order valence-electron chi connectivity index (χ0n) is 12.4. The Morgan fingerprint density at radius 3 is 2.24 bits per heavy atom. The lowest BCUT2D eigenvalue weighted by molar-refractivity contribution is -0.138. The number of benzene rings is 1. The molecule has 0 heterocycles. The molecule has 1 aromatic rings. The lowest BCUT2D eigenvalue weighted by Crippen LogP contribution is -2.29. The Kier molecular flexibility index (Phi) is 6.37. The predicted molar refractivity (Wildman–Crippen MR) is 77.8 cm³/mol. The van der Waals surface area contributed by atoms with Crippen molar-refractivity contribution in [3.63, 3.8) is 0 Å². The summed E-state index contributed by atoms with van der Waals surface area (Å²) in [5.74, 6) is 3.18. The molecule has 0 aliphatic heterocycles. The van der Waals surface area contributed by atoms with E-state index in [1.165, 1.54) is 21.3 Å². The molecule has 1 rings (SSSR count). The topological polar surface area (TPSA) is 68.2 Å². The Morgan fingerprint density at radius 1 is 1.19 bits per heavy atom. The van der Waals surface area contributed by atoms with E-state index in [0.29, 0.717) is 23.8 Å². The van der Waals surface area contributed by atoms with Crippen LogP contribution in [0.15, 0.2) is 12.1 Å². The molecule has 21 heavy (non-hydrogen) atoms. The first kappa shape index (κ1) is 16.7. The fraction of sp³-hybridized carbons (Fsp3) is 0.400. The molecular formula is C15H19NO5. The lowest BCUT2D eigenvalue weighted by Gasteiger charge is -2.20. The Balaban J connectivity index is 3.09. The molecule has 0 bridgehead atoms. The molecule has 0 saturated carbocycles. The molecule has 0 radical (unpaired) electrons. The first-order valence-electron chi connectivity index (χ1n) is 6.22. The number of aliphatic carboxylic acids is 1. The van der Waals surface area contributed by atoms with Gasteiger partial charge >= 0.3 is 5.97 Å². The van der Waals surface area contributed by atoms with Gasteiger partial charge in [-0.15, -0.1) is 6.42 Å². The monoisotopic (exact) mass is 293 g/mol. The van der Waals surface area contributed by atoms with Gasteiger partial charge in [-0.2, -0.15) is 0 Å². The first-order valence-corrected chi connectivity index (χ1v) is 6.22. The molecule has 1 N–H and O–H groups in total. The van der Waals surface area contributed by atoms with Crippen LogP contribution in [0.3, 0.4) is 0 Å². The molecule has 6 nitrogen and oxygen atoms in total. The van der Waals surface area contributed by atoms with Crippen molar-refractivity contribution >= 4 is 5.97 Å². The van der Waals surface area contributed by atoms with Crippen LogP contribution < -0.4 is 14.2 Å². The predicted octanol–water partition coefficient (Wildman–Crippen LogP) is 1.23. The van der Waals surface area contributed by atoms with E-state index in [9.17, 15) is 4.79 Å². The Labute approximate surface area is 124 Å². The van der Waals surface area contributed by atoms with Crippen LogP contribution >= 0.6 is 0 Å². The number of carboxylic acid groups (broad SMARTS) is 1. The molecular weight excluding hydrogens is 274 g/mol. The van der Waals surface area contributed by atoms with E-state index in [0.717, 1.165) is 5.56 Å². The minimum Gasteiger partial charge on any atom is -0.496 e. The number of hydrogen-bond donors (Lipinski definition) is 1. The van der Waals surface area contributed by atoms with E-state index in [-0.39, 0.29) is 13.1 Å². The summed E-state index contributed by atoms with van der Waals surface area (Å²) in [5, 5.41) is 8.91. The number of ether oxygens (including phenoxy) is 3. The summed E-state index contributed by atoms with van der Waals surface area (Å²) < 4.78 is 15.8. The van der Waals surface area contributed by atoms with Crippen molar-refractivity contribution in [3.05, 3.63) is 17.7 Å². The Hall–Kier alpha value is -2.39. The van der Waals surface area contributed by atoms with Crippen LogP contribution in [0.25, 0.3) is 0 Å². The van der Waals surface area contributed by atoms with Gasteiger partial charge in [0.15, 0.2) is 11.5 Å². The smallest absolute Gasteiger partial charge is 0.317 e. The summed E-state index contributed by atoms with van der Waals surface area (Å²) in [6, 6.07) is 3.45. The van der Waals surface area contributed by atoms with E-state index in [1.54, 1.807) is 17.0 Å². The van der Waals surface area contributed by atoms with E-state index in [4.69, 9.17) is 25.7 Å². The molecule has 0 aromatic heterocycles. The molecule has 1 aromatic carbocycles. The number of nitrogens with zero attached hydrogens (tertiary/aromatic N) is 1. The number of carbonyl (C=O) groups is 1. The Morgan fingerprint density at radius 2 is 1.76 bits per heavy atom. The van der Waals surface area contributed by atoms with E-state index < -0.39 is 5.97 Å². The molecule has 0 spiro atoms. The largest absolute Gasteiger partial charge is 0.496 e. The molecule has 0 aliphatic rings. The van der Waals surface area contributed by atoms with Crippen molar-refractivity contribution in [1.82, 2.24) is 4.90 Å². The van der Waals surface area contributed by atoms with Crippen LogP contribution in [0, 0.1) is 12.3 Å². The number of methoxy groups -OCH3 is 3. The van der Waals surface area contributed by atoms with E-state index >= 15 is 0 Å². The van der Waals surface area contributed by atoms with Crippen molar-refractivity contribution in [2.75, 3.05) is 34.4 Å². The third kappa shape index (κ3) is 4.58. The highest BCUT2D eigenvalue weighted by atomic mass is 16.5. The number of hydrogen-bond acceptors (Lipinski definition) is 5. The van der Waals surface area contributed by atoms with Crippen molar-refractivity contribution in [3.8, 4) is 29.6 Å². The average molecular weight is 293 g/mol. The first-order chi connectivity index (χ1) is 10.0. The number of carboxylic acids is 1. The standard InChI is InChI=1S/C15H19NO5/c1-5-6-16(10-15(17)18)9-11-7-13(20-3)14(21-4)8-12(11)19-2/h1,7-8H,6,9-10H2,2-4H3,(H,17,18). The quantitative estimate of drug-likeness (QED) is 0.727. The number of terminal acetylenes is 1. The second kappa shape index (κ2) is 8.02. The van der Waals surface area contributed by atoms with Gasteiger partial charge in [-0.05, 0) is 6.07 Å². The second-order valence-corrected chi connectivity index (χ2v) is 4.26. The van der Waals surface area contributed by atoms with Gasteiger partial charge in [0.25, 0.3) is 0 Å². The highest BCUT2D eigenvalue weighted by Gasteiger charge is 2.16. The minimum absolute atomic E-state index is 0.151. The van der Waals surface area contributed by atoms with E-state index in [2.05, 4.69) is 5.92 Å². The number of rotatable bonds is 8. The van der Waals surface area contributed by atoms with Crippen molar-refractivity contribution in [2.45, 2.75) is 6.54 Å². The molecule has 0 amide bonds. The molecule has 0 saturated heterocycles. The minimum atomic E-state index is -0.940. The summed E-state index contributed by atoms with van der Waals surface area (Å²) in [6.07, 6.45) is 5.27. The zero-order valence-corrected chi connectivity index (χ0v) is 12.4. The molecule has 0 unspecified atom stereocenters. The molecule has 6 heteroatoms. The van der Waals surface area contributed by atoms with Crippen molar-refractivity contribution < 1.29 is 24.1 Å². The fourth-order valence-corrected chi connectivity index (χ4v) is 1.95.